The minimum Gasteiger partial charge on any atom is -0.476 e. The molecule has 2 amide bonds. The molecule has 0 fully saturated rings. The van der Waals surface area contributed by atoms with Gasteiger partial charge in [-0.25, -0.2) is 18.8 Å². The Hall–Kier alpha value is -2.39. The number of hydrogen-bond donors (Lipinski definition) is 2. The van der Waals surface area contributed by atoms with Crippen molar-refractivity contribution in [2.24, 2.45) is 14.9 Å². The number of hydrogen-bond acceptors (Lipinski definition) is 4. The van der Waals surface area contributed by atoms with Crippen molar-refractivity contribution in [1.29, 1.82) is 0 Å². The molecule has 0 saturated heterocycles. The van der Waals surface area contributed by atoms with Crippen molar-refractivity contribution in [3.63, 3.8) is 0 Å². The molecule has 0 saturated carbocycles. The molecule has 1 atom stereocenters. The molecule has 5 rings (SSSR count). The molecule has 2 heterocycles. The van der Waals surface area contributed by atoms with Gasteiger partial charge in [0.2, 0.25) is 5.88 Å². The summed E-state index contributed by atoms with van der Waals surface area (Å²) in [6.45, 7) is 5.18. The highest BCUT2D eigenvalue weighted by molar-refractivity contribution is 7.91. The summed E-state index contributed by atoms with van der Waals surface area (Å²) in [6, 6.07) is 1.53. The Morgan fingerprint density at radius 2 is 1.96 bits per heavy atom. The lowest BCUT2D eigenvalue weighted by Gasteiger charge is -2.31. The molecule has 1 aliphatic heterocycles. The quantitative estimate of drug-likeness (QED) is 0.805. The van der Waals surface area contributed by atoms with E-state index in [4.69, 9.17) is 9.88 Å². The number of urea groups is 1. The Labute approximate surface area is 163 Å². The van der Waals surface area contributed by atoms with Crippen LogP contribution in [0.3, 0.4) is 0 Å². The van der Waals surface area contributed by atoms with Crippen molar-refractivity contribution in [3.8, 4) is 5.88 Å². The summed E-state index contributed by atoms with van der Waals surface area (Å²) in [5, 5.41) is 13.0. The van der Waals surface area contributed by atoms with E-state index >= 15 is 0 Å². The first-order chi connectivity index (χ1) is 13.2. The van der Waals surface area contributed by atoms with Gasteiger partial charge in [-0.05, 0) is 47.9 Å². The molecule has 148 valence electrons. The maximum absolute atomic E-state index is 13.0. The van der Waals surface area contributed by atoms with Crippen LogP contribution in [0.2, 0.25) is 0 Å². The second-order valence-corrected chi connectivity index (χ2v) is 10.3. The average molecular weight is 401 g/mol. The maximum Gasteiger partial charge on any atom is 0.354 e. The fourth-order valence-electron chi connectivity index (χ4n) is 4.05. The molecule has 1 aromatic carbocycles. The number of ether oxygens (including phenoxy) is 1. The third-order valence-corrected chi connectivity index (χ3v) is 7.07. The Morgan fingerprint density at radius 1 is 1.29 bits per heavy atom. The lowest BCUT2D eigenvalue weighted by atomic mass is 9.76. The van der Waals surface area contributed by atoms with Crippen molar-refractivity contribution in [1.82, 2.24) is 9.78 Å². The summed E-state index contributed by atoms with van der Waals surface area (Å²) in [5.74, 6) is 0.330. The number of fused-ring (bicyclic) bond motifs is 3. The van der Waals surface area contributed by atoms with Crippen molar-refractivity contribution >= 4 is 21.6 Å². The molecule has 3 N–H and O–H groups in total. The number of aryl methyl sites for hydroxylation is 2. The highest BCUT2D eigenvalue weighted by atomic mass is 32.2. The van der Waals surface area contributed by atoms with Crippen LogP contribution in [0, 0.1) is 5.41 Å². The number of anilines is 1. The van der Waals surface area contributed by atoms with Crippen molar-refractivity contribution < 1.29 is 13.7 Å². The Bertz CT molecular complexity index is 1110. The predicted molar refractivity (Wildman–Crippen MR) is 105 cm³/mol. The van der Waals surface area contributed by atoms with E-state index in [0.29, 0.717) is 19.0 Å². The highest BCUT2D eigenvalue weighted by Crippen LogP contribution is 2.41. The second kappa shape index (κ2) is 5.81. The van der Waals surface area contributed by atoms with Crippen molar-refractivity contribution in [2.45, 2.75) is 51.0 Å². The molecule has 9 heteroatoms. The van der Waals surface area contributed by atoms with Crippen LogP contribution < -0.4 is 15.2 Å². The van der Waals surface area contributed by atoms with Gasteiger partial charge in [0.1, 0.15) is 4.90 Å². The van der Waals surface area contributed by atoms with Gasteiger partial charge in [0.15, 0.2) is 9.92 Å². The van der Waals surface area contributed by atoms with Gasteiger partial charge >= 0.3 is 6.03 Å². The number of carbonyl (C=O) groups excluding carboxylic acids is 1. The van der Waals surface area contributed by atoms with E-state index in [-0.39, 0.29) is 10.3 Å². The van der Waals surface area contributed by atoms with Crippen LogP contribution in [0.4, 0.5) is 10.5 Å². The number of benzene rings is 1. The van der Waals surface area contributed by atoms with Crippen LogP contribution in [-0.2, 0) is 42.1 Å². The molecule has 8 nitrogen and oxygen atoms in total. The number of nitrogens with one attached hydrogen (secondary N) is 1. The van der Waals surface area contributed by atoms with Crippen LogP contribution in [0.5, 0.6) is 5.88 Å². The fraction of sp³-hybridized carbons (Fsp3) is 0.474. The zero-order valence-corrected chi connectivity index (χ0v) is 16.8. The Morgan fingerprint density at radius 3 is 2.57 bits per heavy atom. The minimum atomic E-state index is -3.47. The van der Waals surface area contributed by atoms with Gasteiger partial charge in [-0.1, -0.05) is 19.9 Å². The van der Waals surface area contributed by atoms with Crippen LogP contribution in [0.15, 0.2) is 21.5 Å². The number of amides is 2. The van der Waals surface area contributed by atoms with Gasteiger partial charge < -0.3 is 10.1 Å². The summed E-state index contributed by atoms with van der Waals surface area (Å²) in [5.41, 5.74) is 5.65. The largest absolute Gasteiger partial charge is 0.476 e. The third-order valence-electron chi connectivity index (χ3n) is 5.72. The first kappa shape index (κ1) is 17.7. The maximum atomic E-state index is 13.0. The van der Waals surface area contributed by atoms with Crippen LogP contribution in [0.1, 0.15) is 36.1 Å². The smallest absolute Gasteiger partial charge is 0.354 e. The van der Waals surface area contributed by atoms with E-state index in [0.717, 1.165) is 31.4 Å². The molecular formula is C19H23N5O3S. The summed E-state index contributed by atoms with van der Waals surface area (Å²) >= 11 is 0. The van der Waals surface area contributed by atoms with E-state index in [1.54, 1.807) is 4.68 Å². The van der Waals surface area contributed by atoms with Gasteiger partial charge in [0.25, 0.3) is 0 Å². The van der Waals surface area contributed by atoms with Crippen molar-refractivity contribution in [2.75, 3.05) is 11.9 Å². The topological polar surface area (TPSA) is 112 Å². The second-order valence-electron chi connectivity index (χ2n) is 8.54. The van der Waals surface area contributed by atoms with E-state index in [2.05, 4.69) is 34.7 Å². The Kier molecular flexibility index (Phi) is 3.67. The molecule has 0 spiro atoms. The number of nitrogens with zero attached hydrogens (tertiary/aromatic N) is 3. The van der Waals surface area contributed by atoms with E-state index < -0.39 is 15.9 Å². The third kappa shape index (κ3) is 2.72. The summed E-state index contributed by atoms with van der Waals surface area (Å²) in [6.07, 6.45) is 5.34. The summed E-state index contributed by atoms with van der Waals surface area (Å²) < 4.78 is 24.2. The lowest BCUT2D eigenvalue weighted by molar-refractivity contribution is 0.0972. The number of rotatable bonds is 2. The van der Waals surface area contributed by atoms with Gasteiger partial charge in [0.05, 0.1) is 19.3 Å². The normalized spacial score (nSPS) is 20.2. The van der Waals surface area contributed by atoms with Gasteiger partial charge in [-0.2, -0.15) is 5.10 Å². The number of nitrogens with two attached hydrogens (primary N) is 1. The lowest BCUT2D eigenvalue weighted by Crippen LogP contribution is -2.33. The van der Waals surface area contributed by atoms with Crippen LogP contribution >= 0.6 is 0 Å². The Balaban J connectivity index is 1.45. The van der Waals surface area contributed by atoms with Crippen LogP contribution in [-0.4, -0.2) is 26.6 Å². The fourth-order valence-corrected chi connectivity index (χ4v) is 5.06. The van der Waals surface area contributed by atoms with E-state index in [9.17, 15) is 9.00 Å². The molecule has 0 bridgehead atoms. The highest BCUT2D eigenvalue weighted by Gasteiger charge is 2.32. The van der Waals surface area contributed by atoms with Gasteiger partial charge in [-0.15, -0.1) is 4.36 Å². The zero-order chi connectivity index (χ0) is 19.7. The predicted octanol–water partition coefficient (Wildman–Crippen LogP) is 2.43. The molecule has 3 aliphatic rings. The molecule has 28 heavy (non-hydrogen) atoms. The molecule has 0 radical (unpaired) electrons. The number of aromatic nitrogens is 2. The first-order valence-corrected chi connectivity index (χ1v) is 11.0. The van der Waals surface area contributed by atoms with E-state index in [1.165, 1.54) is 28.5 Å². The minimum absolute atomic E-state index is 0.0860. The molecule has 0 unspecified atom stereocenters. The summed E-state index contributed by atoms with van der Waals surface area (Å²) in [4.78, 5) is 12.7. The van der Waals surface area contributed by atoms with Gasteiger partial charge in [0, 0.05) is 11.1 Å². The molecular weight excluding hydrogens is 378 g/mol. The number of carbonyl (C=O) groups is 1. The molecule has 2 aromatic rings. The van der Waals surface area contributed by atoms with E-state index in [1.807, 2.05) is 0 Å². The SMILES string of the molecule is CC1(C)COc2c([S@](N)(=O)=NC(=O)Nc3c4c(cc5c3CC5)CC4)cnn2C1. The zero-order valence-electron chi connectivity index (χ0n) is 15.9. The van der Waals surface area contributed by atoms with Gasteiger partial charge in [-0.3, -0.25) is 0 Å². The summed E-state index contributed by atoms with van der Waals surface area (Å²) in [7, 11) is -3.47. The van der Waals surface area contributed by atoms with Crippen molar-refractivity contribution in [3.05, 3.63) is 34.5 Å². The standard InChI is InChI=1S/C19H23N5O3S/c1-19(2)9-24-17(27-10-19)15(8-21-24)28(20,26)23-18(25)22-16-13-5-3-11(13)7-12-4-6-14(12)16/h7-8H,3-6,9-10H2,1-2H3,(H3,20,22,23,25,26)/t28-/m1/s1. The monoisotopic (exact) mass is 401 g/mol. The average Bonchev–Trinajstić information content (AvgIpc) is 2.93. The molecule has 2 aliphatic carbocycles. The van der Waals surface area contributed by atoms with Crippen LogP contribution in [0.25, 0.3) is 0 Å². The molecule has 1 aromatic heterocycles. The first-order valence-electron chi connectivity index (χ1n) is 9.44.